The topological polar surface area (TPSA) is 24.5 Å². The molecule has 1 aromatic carbocycles. The van der Waals surface area contributed by atoms with Crippen molar-refractivity contribution in [2.75, 3.05) is 36.5 Å². The maximum Gasteiger partial charge on any atom is 0.0642 e. The molecule has 1 fully saturated rings. The van der Waals surface area contributed by atoms with E-state index in [9.17, 15) is 0 Å². The van der Waals surface area contributed by atoms with Gasteiger partial charge in [-0.3, -0.25) is 0 Å². The number of nitrogens with one attached hydrogen (secondary N) is 1. The highest BCUT2D eigenvalue weighted by atomic mass is 79.9. The quantitative estimate of drug-likeness (QED) is 0.901. The van der Waals surface area contributed by atoms with E-state index in [2.05, 4.69) is 61.9 Å². The van der Waals surface area contributed by atoms with Gasteiger partial charge in [-0.2, -0.15) is 0 Å². The molecular formula is C15H17BrN2OS. The van der Waals surface area contributed by atoms with Crippen LogP contribution in [0, 0.1) is 0 Å². The van der Waals surface area contributed by atoms with Crippen LogP contribution in [0.1, 0.15) is 4.88 Å². The molecule has 1 aliphatic heterocycles. The van der Waals surface area contributed by atoms with Crippen LogP contribution in [0.2, 0.25) is 0 Å². The Hall–Kier alpha value is -1.04. The minimum Gasteiger partial charge on any atom is -0.380 e. The number of thiophene rings is 1. The molecule has 106 valence electrons. The Morgan fingerprint density at radius 3 is 2.60 bits per heavy atom. The molecule has 20 heavy (non-hydrogen) atoms. The molecule has 0 saturated carbocycles. The van der Waals surface area contributed by atoms with Crippen LogP contribution in [0.3, 0.4) is 0 Å². The van der Waals surface area contributed by atoms with Crippen molar-refractivity contribution in [3.8, 4) is 0 Å². The van der Waals surface area contributed by atoms with Crippen molar-refractivity contribution in [3.05, 3.63) is 45.1 Å². The van der Waals surface area contributed by atoms with Gasteiger partial charge in [0.05, 0.1) is 13.2 Å². The van der Waals surface area contributed by atoms with E-state index in [1.807, 2.05) is 0 Å². The van der Waals surface area contributed by atoms with Gasteiger partial charge in [-0.25, -0.2) is 0 Å². The first-order valence-corrected chi connectivity index (χ1v) is 8.38. The smallest absolute Gasteiger partial charge is 0.0642 e. The summed E-state index contributed by atoms with van der Waals surface area (Å²) in [5, 5.41) is 5.56. The number of ether oxygens (including phenoxy) is 1. The Balaban J connectivity index is 1.58. The third-order valence-electron chi connectivity index (χ3n) is 3.33. The summed E-state index contributed by atoms with van der Waals surface area (Å²) in [7, 11) is 0. The SMILES string of the molecule is Brc1csc(CNc2ccc(N3CCOCC3)cc2)c1. The lowest BCUT2D eigenvalue weighted by atomic mass is 10.2. The minimum atomic E-state index is 0.827. The normalized spacial score (nSPS) is 15.3. The maximum absolute atomic E-state index is 5.38. The summed E-state index contributed by atoms with van der Waals surface area (Å²) in [6.45, 7) is 4.49. The van der Waals surface area contributed by atoms with Crippen molar-refractivity contribution < 1.29 is 4.74 Å². The maximum atomic E-state index is 5.38. The predicted octanol–water partition coefficient (Wildman–Crippen LogP) is 3.96. The number of benzene rings is 1. The molecule has 1 aromatic heterocycles. The Kier molecular flexibility index (Phi) is 4.60. The van der Waals surface area contributed by atoms with Crippen molar-refractivity contribution in [1.29, 1.82) is 0 Å². The van der Waals surface area contributed by atoms with Gasteiger partial charge in [-0.05, 0) is 46.3 Å². The molecule has 1 aliphatic rings. The summed E-state index contributed by atoms with van der Waals surface area (Å²) in [6.07, 6.45) is 0. The first kappa shape index (κ1) is 13.9. The van der Waals surface area contributed by atoms with Crippen molar-refractivity contribution in [2.24, 2.45) is 0 Å². The molecule has 0 spiro atoms. The molecule has 0 radical (unpaired) electrons. The van der Waals surface area contributed by atoms with Gasteiger partial charge in [0.15, 0.2) is 0 Å². The van der Waals surface area contributed by atoms with Crippen LogP contribution < -0.4 is 10.2 Å². The predicted molar refractivity (Wildman–Crippen MR) is 88.8 cm³/mol. The van der Waals surface area contributed by atoms with Gasteiger partial charge in [-0.1, -0.05) is 0 Å². The lowest BCUT2D eigenvalue weighted by Gasteiger charge is -2.28. The lowest BCUT2D eigenvalue weighted by molar-refractivity contribution is 0.122. The molecule has 0 amide bonds. The highest BCUT2D eigenvalue weighted by molar-refractivity contribution is 9.10. The fraction of sp³-hybridized carbons (Fsp3) is 0.333. The zero-order valence-electron chi connectivity index (χ0n) is 11.1. The van der Waals surface area contributed by atoms with Gasteiger partial charge >= 0.3 is 0 Å². The van der Waals surface area contributed by atoms with Gasteiger partial charge < -0.3 is 15.0 Å². The molecule has 0 unspecified atom stereocenters. The van der Waals surface area contributed by atoms with Gasteiger partial charge in [0.1, 0.15) is 0 Å². The van der Waals surface area contributed by atoms with Crippen molar-refractivity contribution in [3.63, 3.8) is 0 Å². The Morgan fingerprint density at radius 2 is 1.95 bits per heavy atom. The lowest BCUT2D eigenvalue weighted by Crippen LogP contribution is -2.36. The van der Waals surface area contributed by atoms with Crippen LogP contribution in [-0.4, -0.2) is 26.3 Å². The number of hydrogen-bond donors (Lipinski definition) is 1. The number of anilines is 2. The van der Waals surface area contributed by atoms with Crippen LogP contribution in [0.4, 0.5) is 11.4 Å². The second-order valence-corrected chi connectivity index (χ2v) is 6.64. The average molecular weight is 353 g/mol. The molecule has 2 heterocycles. The monoisotopic (exact) mass is 352 g/mol. The molecule has 1 N–H and O–H groups in total. The van der Waals surface area contributed by atoms with Crippen LogP contribution >= 0.6 is 27.3 Å². The first-order valence-electron chi connectivity index (χ1n) is 6.71. The zero-order valence-corrected chi connectivity index (χ0v) is 13.5. The summed E-state index contributed by atoms with van der Waals surface area (Å²) in [5.41, 5.74) is 2.43. The second-order valence-electron chi connectivity index (χ2n) is 4.73. The fourth-order valence-electron chi connectivity index (χ4n) is 2.25. The Bertz CT molecular complexity index is 549. The summed E-state index contributed by atoms with van der Waals surface area (Å²) < 4.78 is 6.53. The summed E-state index contributed by atoms with van der Waals surface area (Å²) in [5.74, 6) is 0. The summed E-state index contributed by atoms with van der Waals surface area (Å²) >= 11 is 5.24. The van der Waals surface area contributed by atoms with Crippen LogP contribution in [0.15, 0.2) is 40.2 Å². The van der Waals surface area contributed by atoms with Gasteiger partial charge in [0, 0.05) is 45.7 Å². The fourth-order valence-corrected chi connectivity index (χ4v) is 3.64. The van der Waals surface area contributed by atoms with E-state index in [4.69, 9.17) is 4.74 Å². The van der Waals surface area contributed by atoms with Gasteiger partial charge in [0.2, 0.25) is 0 Å². The molecule has 0 bridgehead atoms. The third-order valence-corrected chi connectivity index (χ3v) is 5.03. The van der Waals surface area contributed by atoms with Gasteiger partial charge in [-0.15, -0.1) is 11.3 Å². The van der Waals surface area contributed by atoms with E-state index in [0.29, 0.717) is 0 Å². The highest BCUT2D eigenvalue weighted by Crippen LogP contribution is 2.22. The second kappa shape index (κ2) is 6.61. The van der Waals surface area contributed by atoms with E-state index >= 15 is 0 Å². The minimum absolute atomic E-state index is 0.827. The number of morpholine rings is 1. The highest BCUT2D eigenvalue weighted by Gasteiger charge is 2.10. The average Bonchev–Trinajstić information content (AvgIpc) is 2.92. The molecular weight excluding hydrogens is 336 g/mol. The zero-order chi connectivity index (χ0) is 13.8. The van der Waals surface area contributed by atoms with E-state index in [0.717, 1.165) is 43.0 Å². The standard InChI is InChI=1S/C15H17BrN2OS/c16-12-9-15(20-11-12)10-17-13-1-3-14(4-2-13)18-5-7-19-8-6-18/h1-4,9,11,17H,5-8,10H2. The number of hydrogen-bond acceptors (Lipinski definition) is 4. The molecule has 3 rings (SSSR count). The van der Waals surface area contributed by atoms with Crippen molar-refractivity contribution >= 4 is 38.6 Å². The van der Waals surface area contributed by atoms with Crippen LogP contribution in [0.5, 0.6) is 0 Å². The number of nitrogens with zero attached hydrogens (tertiary/aromatic N) is 1. The number of halogens is 1. The van der Waals surface area contributed by atoms with Crippen LogP contribution in [0.25, 0.3) is 0 Å². The van der Waals surface area contributed by atoms with Crippen molar-refractivity contribution in [2.45, 2.75) is 6.54 Å². The molecule has 0 atom stereocenters. The molecule has 2 aromatic rings. The third kappa shape index (κ3) is 3.53. The van der Waals surface area contributed by atoms with Gasteiger partial charge in [0.25, 0.3) is 0 Å². The van der Waals surface area contributed by atoms with E-state index in [-0.39, 0.29) is 0 Å². The van der Waals surface area contributed by atoms with Crippen LogP contribution in [-0.2, 0) is 11.3 Å². The van der Waals surface area contributed by atoms with E-state index in [1.54, 1.807) is 11.3 Å². The Morgan fingerprint density at radius 1 is 1.20 bits per heavy atom. The molecule has 1 saturated heterocycles. The molecule has 0 aliphatic carbocycles. The van der Waals surface area contributed by atoms with E-state index in [1.165, 1.54) is 10.6 Å². The number of rotatable bonds is 4. The first-order chi connectivity index (χ1) is 9.81. The molecule has 5 heteroatoms. The Labute approximate surface area is 131 Å². The van der Waals surface area contributed by atoms with E-state index < -0.39 is 0 Å². The summed E-state index contributed by atoms with van der Waals surface area (Å²) in [4.78, 5) is 3.69. The summed E-state index contributed by atoms with van der Waals surface area (Å²) in [6, 6.07) is 10.8. The molecule has 3 nitrogen and oxygen atoms in total. The largest absolute Gasteiger partial charge is 0.380 e. The van der Waals surface area contributed by atoms with Crippen molar-refractivity contribution in [1.82, 2.24) is 0 Å².